The van der Waals surface area contributed by atoms with Crippen LogP contribution in [-0.4, -0.2) is 23.3 Å². The molecule has 1 aliphatic heterocycles. The third kappa shape index (κ3) is 2.76. The van der Waals surface area contributed by atoms with Gasteiger partial charge in [0, 0.05) is 21.8 Å². The summed E-state index contributed by atoms with van der Waals surface area (Å²) < 4.78 is 2.27. The van der Waals surface area contributed by atoms with Gasteiger partial charge in [-0.1, -0.05) is 6.42 Å². The summed E-state index contributed by atoms with van der Waals surface area (Å²) in [6.45, 7) is 3.95. The summed E-state index contributed by atoms with van der Waals surface area (Å²) in [6.07, 6.45) is 3.90. The van der Waals surface area contributed by atoms with Crippen molar-refractivity contribution in [2.45, 2.75) is 26.2 Å². The lowest BCUT2D eigenvalue weighted by Gasteiger charge is -2.24. The van der Waals surface area contributed by atoms with Crippen LogP contribution in [0.2, 0.25) is 0 Å². The molecule has 1 aliphatic rings. The van der Waals surface area contributed by atoms with Crippen LogP contribution in [-0.2, 0) is 4.79 Å². The number of carbonyl (C=O) groups is 1. The molecule has 0 saturated carbocycles. The summed E-state index contributed by atoms with van der Waals surface area (Å²) in [7, 11) is 0.432. The largest absolute Gasteiger partial charge is 0.294 e. The van der Waals surface area contributed by atoms with Gasteiger partial charge < -0.3 is 0 Å². The van der Waals surface area contributed by atoms with Crippen molar-refractivity contribution < 1.29 is 4.79 Å². The standard InChI is InChI=1S/C7H14NOP/c1-7(9)10-8-5-3-2-4-6-8/h10H,2-6H2,1H3. The molecule has 0 aliphatic carbocycles. The molecule has 0 amide bonds. The van der Waals surface area contributed by atoms with Gasteiger partial charge in [0.25, 0.3) is 0 Å². The molecule has 1 rings (SSSR count). The summed E-state index contributed by atoms with van der Waals surface area (Å²) in [5.74, 6) is 0. The molecule has 1 atom stereocenters. The van der Waals surface area contributed by atoms with Gasteiger partial charge in [-0.3, -0.25) is 9.46 Å². The molecular weight excluding hydrogens is 145 g/mol. The van der Waals surface area contributed by atoms with Crippen molar-refractivity contribution in [3.63, 3.8) is 0 Å². The maximum Gasteiger partial charge on any atom is 0.163 e. The fourth-order valence-electron chi connectivity index (χ4n) is 1.23. The maximum absolute atomic E-state index is 10.7. The molecule has 0 bridgehead atoms. The Morgan fingerprint density at radius 2 is 1.90 bits per heavy atom. The highest BCUT2D eigenvalue weighted by Gasteiger charge is 2.10. The van der Waals surface area contributed by atoms with E-state index in [1.54, 1.807) is 6.92 Å². The zero-order chi connectivity index (χ0) is 7.40. The lowest BCUT2D eigenvalue weighted by Crippen LogP contribution is -2.22. The first kappa shape index (κ1) is 8.16. The van der Waals surface area contributed by atoms with Crippen LogP contribution in [0.4, 0.5) is 0 Å². The minimum absolute atomic E-state index is 0.321. The van der Waals surface area contributed by atoms with Gasteiger partial charge in [0.2, 0.25) is 0 Å². The van der Waals surface area contributed by atoms with Crippen LogP contribution in [0.5, 0.6) is 0 Å². The Hall–Kier alpha value is 0.0600. The number of nitrogens with zero attached hydrogens (tertiary/aromatic N) is 1. The fraction of sp³-hybridized carbons (Fsp3) is 0.857. The predicted octanol–water partition coefficient (Wildman–Crippen LogP) is 1.61. The average molecular weight is 159 g/mol. The molecule has 2 nitrogen and oxygen atoms in total. The van der Waals surface area contributed by atoms with Crippen molar-refractivity contribution >= 4 is 14.3 Å². The van der Waals surface area contributed by atoms with Crippen LogP contribution in [0.25, 0.3) is 0 Å². The maximum atomic E-state index is 10.7. The van der Waals surface area contributed by atoms with Crippen molar-refractivity contribution in [2.24, 2.45) is 0 Å². The van der Waals surface area contributed by atoms with Gasteiger partial charge in [-0.2, -0.15) is 0 Å². The zero-order valence-corrected chi connectivity index (χ0v) is 7.39. The van der Waals surface area contributed by atoms with E-state index in [0.29, 0.717) is 14.3 Å². The minimum Gasteiger partial charge on any atom is -0.294 e. The van der Waals surface area contributed by atoms with Crippen molar-refractivity contribution in [2.75, 3.05) is 13.1 Å². The Balaban J connectivity index is 2.19. The number of rotatable bonds is 2. The summed E-state index contributed by atoms with van der Waals surface area (Å²) in [5.41, 5.74) is 0.321. The number of hydrogen-bond donors (Lipinski definition) is 0. The molecule has 0 aromatic rings. The van der Waals surface area contributed by atoms with Crippen molar-refractivity contribution in [1.82, 2.24) is 4.67 Å². The number of piperidine rings is 1. The van der Waals surface area contributed by atoms with E-state index in [2.05, 4.69) is 4.67 Å². The lowest BCUT2D eigenvalue weighted by atomic mass is 10.2. The third-order valence-corrected chi connectivity index (χ3v) is 2.75. The topological polar surface area (TPSA) is 20.3 Å². The second-order valence-electron chi connectivity index (χ2n) is 2.72. The first-order chi connectivity index (χ1) is 4.79. The average Bonchev–Trinajstić information content (AvgIpc) is 1.88. The Morgan fingerprint density at radius 3 is 2.40 bits per heavy atom. The SMILES string of the molecule is CC(=O)PN1CCCCC1. The van der Waals surface area contributed by atoms with E-state index in [-0.39, 0.29) is 0 Å². The van der Waals surface area contributed by atoms with E-state index in [9.17, 15) is 4.79 Å². The summed E-state index contributed by atoms with van der Waals surface area (Å²) in [5, 5.41) is 0. The van der Waals surface area contributed by atoms with Gasteiger partial charge in [0.05, 0.1) is 0 Å². The van der Waals surface area contributed by atoms with Gasteiger partial charge in [0.15, 0.2) is 5.52 Å². The van der Waals surface area contributed by atoms with Crippen LogP contribution >= 0.6 is 8.73 Å². The van der Waals surface area contributed by atoms with Gasteiger partial charge in [-0.15, -0.1) is 0 Å². The normalized spacial score (nSPS) is 22.1. The number of carbonyl (C=O) groups excluding carboxylic acids is 1. The van der Waals surface area contributed by atoms with E-state index in [1.165, 1.54) is 19.3 Å². The Kier molecular flexibility index (Phi) is 3.30. The molecular formula is C7H14NOP. The van der Waals surface area contributed by atoms with Crippen LogP contribution in [0.1, 0.15) is 26.2 Å². The molecule has 3 heteroatoms. The van der Waals surface area contributed by atoms with Crippen LogP contribution in [0.15, 0.2) is 0 Å². The Morgan fingerprint density at radius 1 is 1.30 bits per heavy atom. The van der Waals surface area contributed by atoms with Gasteiger partial charge in [-0.05, 0) is 19.8 Å². The molecule has 0 aromatic carbocycles. The highest BCUT2D eigenvalue weighted by molar-refractivity contribution is 7.55. The molecule has 1 saturated heterocycles. The van der Waals surface area contributed by atoms with Crippen LogP contribution in [0, 0.1) is 0 Å². The molecule has 0 spiro atoms. The van der Waals surface area contributed by atoms with Crippen molar-refractivity contribution in [1.29, 1.82) is 0 Å². The van der Waals surface area contributed by atoms with E-state index in [0.717, 1.165) is 13.1 Å². The van der Waals surface area contributed by atoms with E-state index >= 15 is 0 Å². The Labute approximate surface area is 63.8 Å². The predicted molar refractivity (Wildman–Crippen MR) is 44.4 cm³/mol. The van der Waals surface area contributed by atoms with Crippen molar-refractivity contribution in [3.8, 4) is 0 Å². The quantitative estimate of drug-likeness (QED) is 0.570. The molecule has 1 heterocycles. The van der Waals surface area contributed by atoms with Gasteiger partial charge in [0.1, 0.15) is 0 Å². The van der Waals surface area contributed by atoms with E-state index in [1.807, 2.05) is 0 Å². The fourth-order valence-corrected chi connectivity index (χ4v) is 2.21. The summed E-state index contributed by atoms with van der Waals surface area (Å²) >= 11 is 0. The summed E-state index contributed by atoms with van der Waals surface area (Å²) in [6, 6.07) is 0. The molecule has 0 radical (unpaired) electrons. The smallest absolute Gasteiger partial charge is 0.163 e. The molecule has 58 valence electrons. The van der Waals surface area contributed by atoms with Crippen LogP contribution < -0.4 is 0 Å². The number of hydrogen-bond acceptors (Lipinski definition) is 2. The summed E-state index contributed by atoms with van der Waals surface area (Å²) in [4.78, 5) is 10.7. The molecule has 1 unspecified atom stereocenters. The third-order valence-electron chi connectivity index (χ3n) is 1.67. The second kappa shape index (κ2) is 4.05. The van der Waals surface area contributed by atoms with Crippen LogP contribution in [0.3, 0.4) is 0 Å². The highest BCUT2D eigenvalue weighted by atomic mass is 31.1. The lowest BCUT2D eigenvalue weighted by molar-refractivity contribution is -0.109. The van der Waals surface area contributed by atoms with E-state index < -0.39 is 0 Å². The first-order valence-electron chi connectivity index (χ1n) is 3.81. The molecule has 10 heavy (non-hydrogen) atoms. The zero-order valence-electron chi connectivity index (χ0n) is 6.39. The Bertz CT molecular complexity index is 121. The molecule has 1 fully saturated rings. The van der Waals surface area contributed by atoms with E-state index in [4.69, 9.17) is 0 Å². The minimum atomic E-state index is 0.321. The first-order valence-corrected chi connectivity index (χ1v) is 4.76. The monoisotopic (exact) mass is 159 g/mol. The van der Waals surface area contributed by atoms with Gasteiger partial charge >= 0.3 is 0 Å². The molecule has 0 aromatic heterocycles. The van der Waals surface area contributed by atoms with Gasteiger partial charge in [-0.25, -0.2) is 0 Å². The second-order valence-corrected chi connectivity index (χ2v) is 4.28. The van der Waals surface area contributed by atoms with Crippen molar-refractivity contribution in [3.05, 3.63) is 0 Å². The highest BCUT2D eigenvalue weighted by Crippen LogP contribution is 2.23. The molecule has 0 N–H and O–H groups in total.